The number of carbonyl (C=O) groups is 3. The van der Waals surface area contributed by atoms with Gasteiger partial charge in [0, 0.05) is 22.5 Å². The Bertz CT molecular complexity index is 1590. The van der Waals surface area contributed by atoms with Crippen molar-refractivity contribution in [2.24, 2.45) is 0 Å². The fourth-order valence-corrected chi connectivity index (χ4v) is 4.23. The predicted octanol–water partition coefficient (Wildman–Crippen LogP) is 4.44. The fraction of sp³-hybridized carbons (Fsp3) is 0.0769. The number of ketones is 1. The van der Waals surface area contributed by atoms with Gasteiger partial charge in [-0.25, -0.2) is 9.59 Å². The summed E-state index contributed by atoms with van der Waals surface area (Å²) in [6, 6.07) is 19.6. The Balaban J connectivity index is 2.01. The number of hydrogen-bond donors (Lipinski definition) is 0. The Hall–Kier alpha value is -4.52. The van der Waals surface area contributed by atoms with Gasteiger partial charge >= 0.3 is 11.9 Å². The second-order valence-corrected chi connectivity index (χ2v) is 7.40. The molecule has 0 spiro atoms. The standard InChI is InChI=1S/C26H18N2O5/c1-32-25(30)20-19-13-11-17-18(12-10-15-9-6-14-27-22(15)17)28(19)23(21(20)26(31)33-2)24(29)16-7-4-3-5-8-16/h3-14H,1-2H3. The van der Waals surface area contributed by atoms with E-state index in [2.05, 4.69) is 4.98 Å². The molecule has 0 amide bonds. The van der Waals surface area contributed by atoms with Crippen LogP contribution < -0.4 is 0 Å². The molecule has 5 aromatic rings. The van der Waals surface area contributed by atoms with E-state index in [-0.39, 0.29) is 16.8 Å². The second kappa shape index (κ2) is 7.87. The summed E-state index contributed by atoms with van der Waals surface area (Å²) in [5, 5.41) is 1.69. The first kappa shape index (κ1) is 20.4. The van der Waals surface area contributed by atoms with Gasteiger partial charge < -0.3 is 13.9 Å². The SMILES string of the molecule is COC(=O)c1c(C(=O)OC)c2ccc3c4ncccc4ccc3n2c1C(=O)c1ccccc1. The van der Waals surface area contributed by atoms with Crippen LogP contribution in [0.5, 0.6) is 0 Å². The third kappa shape index (κ3) is 3.05. The Morgan fingerprint density at radius 2 is 1.45 bits per heavy atom. The van der Waals surface area contributed by atoms with Crippen molar-refractivity contribution in [3.63, 3.8) is 0 Å². The molecular weight excluding hydrogens is 420 g/mol. The van der Waals surface area contributed by atoms with Gasteiger partial charge in [0.15, 0.2) is 0 Å². The van der Waals surface area contributed by atoms with E-state index >= 15 is 0 Å². The molecule has 0 aliphatic heterocycles. The maximum atomic E-state index is 13.7. The zero-order valence-corrected chi connectivity index (χ0v) is 17.9. The highest BCUT2D eigenvalue weighted by Gasteiger charge is 2.33. The van der Waals surface area contributed by atoms with Crippen LogP contribution in [0.25, 0.3) is 27.3 Å². The van der Waals surface area contributed by atoms with Crippen LogP contribution in [0.4, 0.5) is 0 Å². The second-order valence-electron chi connectivity index (χ2n) is 7.40. The largest absolute Gasteiger partial charge is 0.465 e. The Morgan fingerprint density at radius 3 is 2.18 bits per heavy atom. The van der Waals surface area contributed by atoms with E-state index < -0.39 is 17.7 Å². The first-order valence-electron chi connectivity index (χ1n) is 10.2. The first-order chi connectivity index (χ1) is 16.1. The highest BCUT2D eigenvalue weighted by atomic mass is 16.5. The van der Waals surface area contributed by atoms with Crippen LogP contribution in [-0.4, -0.2) is 41.3 Å². The van der Waals surface area contributed by atoms with Crippen LogP contribution >= 0.6 is 0 Å². The number of fused-ring (bicyclic) bond motifs is 5. The van der Waals surface area contributed by atoms with Gasteiger partial charge in [0.2, 0.25) is 5.78 Å². The van der Waals surface area contributed by atoms with Gasteiger partial charge in [-0.1, -0.05) is 42.5 Å². The third-order valence-electron chi connectivity index (χ3n) is 5.68. The number of methoxy groups -OCH3 is 2. The molecule has 0 N–H and O–H groups in total. The highest BCUT2D eigenvalue weighted by molar-refractivity contribution is 6.21. The molecule has 0 saturated carbocycles. The molecule has 5 rings (SSSR count). The molecule has 3 heterocycles. The summed E-state index contributed by atoms with van der Waals surface area (Å²) >= 11 is 0. The number of pyridine rings is 2. The van der Waals surface area contributed by atoms with E-state index in [1.165, 1.54) is 14.2 Å². The minimum atomic E-state index is -0.801. The van der Waals surface area contributed by atoms with Crippen molar-refractivity contribution in [3.8, 4) is 0 Å². The summed E-state index contributed by atoms with van der Waals surface area (Å²) in [4.78, 5) is 44.0. The average Bonchev–Trinajstić information content (AvgIpc) is 3.23. The Labute approximate surface area is 188 Å². The van der Waals surface area contributed by atoms with Crippen LogP contribution in [0.1, 0.15) is 36.8 Å². The van der Waals surface area contributed by atoms with E-state index in [1.54, 1.807) is 47.0 Å². The molecule has 0 bridgehead atoms. The number of ether oxygens (including phenoxy) is 2. The normalized spacial score (nSPS) is 11.1. The van der Waals surface area contributed by atoms with Crippen molar-refractivity contribution in [2.45, 2.75) is 0 Å². The Morgan fingerprint density at radius 1 is 0.758 bits per heavy atom. The molecule has 33 heavy (non-hydrogen) atoms. The number of aromatic nitrogens is 2. The maximum absolute atomic E-state index is 13.7. The number of esters is 2. The summed E-state index contributed by atoms with van der Waals surface area (Å²) in [6.45, 7) is 0. The lowest BCUT2D eigenvalue weighted by Gasteiger charge is -2.10. The van der Waals surface area contributed by atoms with E-state index in [0.29, 0.717) is 16.6 Å². The van der Waals surface area contributed by atoms with Gasteiger partial charge in [0.1, 0.15) is 16.8 Å². The summed E-state index contributed by atoms with van der Waals surface area (Å²) in [5.41, 5.74) is 1.97. The van der Waals surface area contributed by atoms with Crippen molar-refractivity contribution in [1.82, 2.24) is 9.38 Å². The van der Waals surface area contributed by atoms with Gasteiger partial charge in [0.25, 0.3) is 0 Å². The van der Waals surface area contributed by atoms with Crippen LogP contribution in [0.15, 0.2) is 72.9 Å². The molecule has 3 aromatic heterocycles. The number of hydrogen-bond acceptors (Lipinski definition) is 6. The molecule has 0 aliphatic rings. The molecule has 162 valence electrons. The predicted molar refractivity (Wildman–Crippen MR) is 123 cm³/mol. The highest BCUT2D eigenvalue weighted by Crippen LogP contribution is 2.33. The minimum Gasteiger partial charge on any atom is -0.465 e. The van der Waals surface area contributed by atoms with E-state index in [1.807, 2.05) is 30.3 Å². The van der Waals surface area contributed by atoms with Crippen LogP contribution in [-0.2, 0) is 9.47 Å². The van der Waals surface area contributed by atoms with Crippen molar-refractivity contribution in [2.75, 3.05) is 14.2 Å². The summed E-state index contributed by atoms with van der Waals surface area (Å²) < 4.78 is 11.6. The zero-order chi connectivity index (χ0) is 23.1. The lowest BCUT2D eigenvalue weighted by atomic mass is 10.0. The van der Waals surface area contributed by atoms with E-state index in [9.17, 15) is 14.4 Å². The smallest absolute Gasteiger partial charge is 0.341 e. The van der Waals surface area contributed by atoms with Crippen LogP contribution in [0, 0.1) is 0 Å². The van der Waals surface area contributed by atoms with Gasteiger partial charge in [-0.3, -0.25) is 9.78 Å². The fourth-order valence-electron chi connectivity index (χ4n) is 4.23. The topological polar surface area (TPSA) is 87.0 Å². The number of nitrogens with zero attached hydrogens (tertiary/aromatic N) is 2. The molecule has 0 radical (unpaired) electrons. The monoisotopic (exact) mass is 438 g/mol. The summed E-state index contributed by atoms with van der Waals surface area (Å²) in [5.74, 6) is -1.96. The molecule has 7 nitrogen and oxygen atoms in total. The van der Waals surface area contributed by atoms with Gasteiger partial charge in [0.05, 0.1) is 30.8 Å². The molecular formula is C26H18N2O5. The average molecular weight is 438 g/mol. The Kier molecular flexibility index (Phi) is 4.86. The maximum Gasteiger partial charge on any atom is 0.341 e. The summed E-state index contributed by atoms with van der Waals surface area (Å²) in [7, 11) is 2.43. The van der Waals surface area contributed by atoms with Gasteiger partial charge in [-0.15, -0.1) is 0 Å². The van der Waals surface area contributed by atoms with E-state index in [0.717, 1.165) is 16.3 Å². The minimum absolute atomic E-state index is 0.0216. The lowest BCUT2D eigenvalue weighted by molar-refractivity contribution is 0.0556. The first-order valence-corrected chi connectivity index (χ1v) is 10.2. The van der Waals surface area contributed by atoms with Crippen molar-refractivity contribution in [1.29, 1.82) is 0 Å². The van der Waals surface area contributed by atoms with Gasteiger partial charge in [-0.05, 0) is 24.3 Å². The van der Waals surface area contributed by atoms with E-state index in [4.69, 9.17) is 9.47 Å². The molecule has 0 atom stereocenters. The summed E-state index contributed by atoms with van der Waals surface area (Å²) in [6.07, 6.45) is 1.69. The molecule has 0 fully saturated rings. The van der Waals surface area contributed by atoms with Crippen LogP contribution in [0.2, 0.25) is 0 Å². The van der Waals surface area contributed by atoms with Gasteiger partial charge in [-0.2, -0.15) is 0 Å². The van der Waals surface area contributed by atoms with Crippen molar-refractivity contribution >= 4 is 45.0 Å². The van der Waals surface area contributed by atoms with Crippen molar-refractivity contribution < 1.29 is 23.9 Å². The molecule has 0 aliphatic carbocycles. The number of rotatable bonds is 4. The molecule has 0 unspecified atom stereocenters. The van der Waals surface area contributed by atoms with Crippen LogP contribution in [0.3, 0.4) is 0 Å². The van der Waals surface area contributed by atoms with Crippen molar-refractivity contribution in [3.05, 3.63) is 95.3 Å². The quantitative estimate of drug-likeness (QED) is 0.234. The molecule has 7 heteroatoms. The number of carbonyl (C=O) groups excluding carboxylic acids is 3. The lowest BCUT2D eigenvalue weighted by Crippen LogP contribution is -2.15. The third-order valence-corrected chi connectivity index (χ3v) is 5.68. The molecule has 2 aromatic carbocycles. The number of benzene rings is 2. The molecule has 0 saturated heterocycles. The zero-order valence-electron chi connectivity index (χ0n) is 17.9.